The molecule has 0 bridgehead atoms. The van der Waals surface area contributed by atoms with E-state index in [9.17, 15) is 33.3 Å². The number of benzene rings is 2. The second kappa shape index (κ2) is 22.5. The van der Waals surface area contributed by atoms with Crippen molar-refractivity contribution in [2.75, 3.05) is 39.8 Å². The molecule has 0 radical (unpaired) electrons. The summed E-state index contributed by atoms with van der Waals surface area (Å²) in [4.78, 5) is 32.2. The highest BCUT2D eigenvalue weighted by Gasteiger charge is 2.43. The third kappa shape index (κ3) is 11.5. The molecule has 4 atom stereocenters. The van der Waals surface area contributed by atoms with Gasteiger partial charge in [0.2, 0.25) is 11.8 Å². The highest BCUT2D eigenvalue weighted by molar-refractivity contribution is 7.13. The van der Waals surface area contributed by atoms with Crippen molar-refractivity contribution < 1.29 is 49.4 Å². The molecule has 7 heterocycles. The summed E-state index contributed by atoms with van der Waals surface area (Å²) >= 11 is 2.22. The third-order valence-electron chi connectivity index (χ3n) is 14.0. The van der Waals surface area contributed by atoms with Crippen molar-refractivity contribution in [3.63, 3.8) is 0 Å². The Bertz CT molecular complexity index is 3360. The van der Waals surface area contributed by atoms with Gasteiger partial charge in [-0.1, -0.05) is 37.3 Å². The molecule has 1 saturated heterocycles. The summed E-state index contributed by atoms with van der Waals surface area (Å²) in [7, 11) is 1.60. The molecule has 13 nitrogen and oxygen atoms in total. The number of methoxy groups -OCH3 is 1. The zero-order valence-corrected chi connectivity index (χ0v) is 43.4. The van der Waals surface area contributed by atoms with Gasteiger partial charge >= 0.3 is 12.4 Å². The van der Waals surface area contributed by atoms with Gasteiger partial charge in [-0.25, -0.2) is 8.78 Å². The molecule has 9 rings (SSSR count). The summed E-state index contributed by atoms with van der Waals surface area (Å²) < 4.78 is 131. The summed E-state index contributed by atoms with van der Waals surface area (Å²) in [6.45, 7) is 4.66. The highest BCUT2D eigenvalue weighted by atomic mass is 32.1. The maximum absolute atomic E-state index is 17.1. The number of halogens is 8. The standard InChI is InChI=1S/C54H50F8N10O3S2/c1-4-65-14-7-10-47(73)69-25-40(37-20-34(22-64)77-46(37)28-69)38-16-30(17-44(56)50(38)41-26-71(5-2)67-51(41)53(57,58)59)13-15-72-27-42(52(68-72)54(60,61)62)49-35(8-6-9-43(49)55)39-24-70(29-45-36(39)19-33(21-63)76-45)48(74)12-11-31-18-32(75-3)23-66-31/h6-12,16-17,19-20,26-27,31-32,39-40,65-66H,4-5,13-15,18,23-25,28-29H2,1-3H3/b10-7+,12-11+/t31-,32+,39+,40-/m1/s1. The molecule has 0 spiro atoms. The number of rotatable bonds is 15. The molecule has 1 fully saturated rings. The summed E-state index contributed by atoms with van der Waals surface area (Å²) in [5, 5.41) is 33.9. The quantitative estimate of drug-likeness (QED) is 0.0581. The number of nitrogens with zero attached hydrogens (tertiary/aromatic N) is 8. The Morgan fingerprint density at radius 1 is 0.805 bits per heavy atom. The zero-order chi connectivity index (χ0) is 54.9. The van der Waals surface area contributed by atoms with Gasteiger partial charge in [0.1, 0.15) is 33.5 Å². The minimum atomic E-state index is -5.14. The lowest BCUT2D eigenvalue weighted by Gasteiger charge is -2.34. The Labute approximate surface area is 445 Å². The van der Waals surface area contributed by atoms with E-state index in [2.05, 4.69) is 33.0 Å². The molecule has 77 heavy (non-hydrogen) atoms. The molecule has 2 aromatic carbocycles. The number of carbonyl (C=O) groups is 2. The van der Waals surface area contributed by atoms with Crippen LogP contribution in [-0.4, -0.2) is 93.2 Å². The molecule has 2 amide bonds. The number of alkyl halides is 6. The molecule has 3 aliphatic rings. The fourth-order valence-electron chi connectivity index (χ4n) is 10.3. The highest BCUT2D eigenvalue weighted by Crippen LogP contribution is 2.48. The first-order chi connectivity index (χ1) is 36.8. The third-order valence-corrected chi connectivity index (χ3v) is 16.1. The molecule has 23 heteroatoms. The van der Waals surface area contributed by atoms with Gasteiger partial charge in [-0.05, 0) is 78.4 Å². The number of amides is 2. The normalized spacial score (nSPS) is 18.8. The fraction of sp³-hybridized carbons (Fsp3) is 0.370. The second-order valence-corrected chi connectivity index (χ2v) is 21.1. The van der Waals surface area contributed by atoms with Crippen LogP contribution in [0.5, 0.6) is 0 Å². The molecule has 0 unspecified atom stereocenters. The van der Waals surface area contributed by atoms with Crippen LogP contribution in [0.3, 0.4) is 0 Å². The van der Waals surface area contributed by atoms with Crippen molar-refractivity contribution in [2.24, 2.45) is 0 Å². The topological polar surface area (TPSA) is 157 Å². The smallest absolute Gasteiger partial charge is 0.380 e. The number of hydrogen-bond donors (Lipinski definition) is 2. The molecule has 3 aliphatic heterocycles. The van der Waals surface area contributed by atoms with Gasteiger partial charge in [-0.2, -0.15) is 47.1 Å². The molecular formula is C54H50F8N10O3S2. The van der Waals surface area contributed by atoms with Crippen LogP contribution < -0.4 is 10.6 Å². The molecule has 402 valence electrons. The number of aryl methyl sites for hydroxylation is 3. The number of carbonyl (C=O) groups excluding carboxylic acids is 2. The summed E-state index contributed by atoms with van der Waals surface area (Å²) in [6.07, 6.45) is -1.58. The van der Waals surface area contributed by atoms with E-state index in [0.717, 1.165) is 56.6 Å². The van der Waals surface area contributed by atoms with Crippen LogP contribution in [-0.2, 0) is 59.3 Å². The maximum atomic E-state index is 17.1. The van der Waals surface area contributed by atoms with E-state index in [1.165, 1.54) is 40.2 Å². The molecular weight excluding hydrogens is 1050 g/mol. The molecule has 6 aromatic rings. The van der Waals surface area contributed by atoms with Gasteiger partial charge in [0.15, 0.2) is 11.4 Å². The van der Waals surface area contributed by atoms with Crippen molar-refractivity contribution in [1.82, 2.24) is 40.0 Å². The Morgan fingerprint density at radius 3 is 1.96 bits per heavy atom. The van der Waals surface area contributed by atoms with Crippen LogP contribution in [0.25, 0.3) is 22.3 Å². The van der Waals surface area contributed by atoms with Crippen LogP contribution in [0.1, 0.15) is 90.8 Å². The number of fused-ring (bicyclic) bond motifs is 2. The van der Waals surface area contributed by atoms with E-state index in [1.54, 1.807) is 38.3 Å². The average molecular weight is 1100 g/mol. The second-order valence-electron chi connectivity index (χ2n) is 18.8. The largest absolute Gasteiger partial charge is 0.435 e. The van der Waals surface area contributed by atoms with Crippen molar-refractivity contribution >= 4 is 34.5 Å². The zero-order valence-electron chi connectivity index (χ0n) is 41.7. The molecule has 4 aromatic heterocycles. The van der Waals surface area contributed by atoms with Gasteiger partial charge in [0.25, 0.3) is 0 Å². The van der Waals surface area contributed by atoms with Crippen LogP contribution >= 0.6 is 22.7 Å². The Hall–Kier alpha value is -7.02. The van der Waals surface area contributed by atoms with Gasteiger partial charge in [-0.3, -0.25) is 19.0 Å². The van der Waals surface area contributed by atoms with Crippen LogP contribution in [0, 0.1) is 34.3 Å². The van der Waals surface area contributed by atoms with Gasteiger partial charge in [0.05, 0.1) is 19.2 Å². The first-order valence-corrected chi connectivity index (χ1v) is 26.3. The van der Waals surface area contributed by atoms with E-state index >= 15 is 22.0 Å². The lowest BCUT2D eigenvalue weighted by molar-refractivity contribution is -0.141. The molecule has 2 N–H and O–H groups in total. The van der Waals surface area contributed by atoms with Crippen molar-refractivity contribution in [3.8, 4) is 34.4 Å². The molecule has 0 aliphatic carbocycles. The number of thiophene rings is 2. The summed E-state index contributed by atoms with van der Waals surface area (Å²) in [5.41, 5.74) is -3.54. The van der Waals surface area contributed by atoms with E-state index in [-0.39, 0.29) is 79.4 Å². The first kappa shape index (κ1) is 54.8. The van der Waals surface area contributed by atoms with Crippen molar-refractivity contribution in [1.29, 1.82) is 10.5 Å². The van der Waals surface area contributed by atoms with Gasteiger partial charge in [0, 0.05) is 121 Å². The Morgan fingerprint density at radius 2 is 1.39 bits per heavy atom. The number of likely N-dealkylation sites (N-methyl/N-ethyl adjacent to an activating group) is 1. The van der Waals surface area contributed by atoms with Crippen molar-refractivity contribution in [3.05, 3.63) is 150 Å². The summed E-state index contributed by atoms with van der Waals surface area (Å²) in [5.74, 6) is -4.83. The number of nitriles is 2. The van der Waals surface area contributed by atoms with Crippen LogP contribution in [0.4, 0.5) is 35.1 Å². The lowest BCUT2D eigenvalue weighted by atomic mass is 9.82. The molecule has 0 saturated carbocycles. The fourth-order valence-corrected chi connectivity index (χ4v) is 12.4. The monoisotopic (exact) mass is 1100 g/mol. The van der Waals surface area contributed by atoms with Crippen LogP contribution in [0.15, 0.2) is 79.2 Å². The van der Waals surface area contributed by atoms with E-state index in [0.29, 0.717) is 51.8 Å². The minimum absolute atomic E-state index is 0.00563. The lowest BCUT2D eigenvalue weighted by Crippen LogP contribution is -2.37. The number of nitrogens with one attached hydrogen (secondary N) is 2. The predicted molar refractivity (Wildman–Crippen MR) is 271 cm³/mol. The van der Waals surface area contributed by atoms with Gasteiger partial charge < -0.3 is 25.2 Å². The predicted octanol–water partition coefficient (Wildman–Crippen LogP) is 9.91. The summed E-state index contributed by atoms with van der Waals surface area (Å²) in [6, 6.07) is 13.5. The Balaban J connectivity index is 1.10. The minimum Gasteiger partial charge on any atom is -0.380 e. The number of hydrogen-bond acceptors (Lipinski definition) is 11. The average Bonchev–Trinajstić information content (AvgIpc) is 4.27. The Kier molecular flexibility index (Phi) is 16.0. The number of aromatic nitrogens is 4. The van der Waals surface area contributed by atoms with E-state index < -0.39 is 81.3 Å². The van der Waals surface area contributed by atoms with E-state index in [1.807, 2.05) is 6.92 Å². The number of ether oxygens (including phenoxy) is 1. The van der Waals surface area contributed by atoms with Crippen molar-refractivity contribution in [2.45, 2.75) is 89.2 Å². The first-order valence-electron chi connectivity index (χ1n) is 24.7. The van der Waals surface area contributed by atoms with E-state index in [4.69, 9.17) is 4.74 Å². The van der Waals surface area contributed by atoms with Crippen LogP contribution in [0.2, 0.25) is 0 Å². The maximum Gasteiger partial charge on any atom is 0.435 e. The van der Waals surface area contributed by atoms with Gasteiger partial charge in [-0.15, -0.1) is 22.7 Å². The SMILES string of the molecule is CCNC/C=C/C(=O)N1Cc2sc(C#N)cc2[C@H](c2cc(CCn3cc(-c4c(F)cccc4[C@@H]4CN(C(=O)/C=C/[C@@H]5C[C@H](OC)CN5)Cc5sc(C#N)cc54)c(C(F)(F)F)n3)cc(F)c2-c2cn(CC)nc2C(F)(F)F)C1.